The molecule has 24 heavy (non-hydrogen) atoms. The van der Waals surface area contributed by atoms with E-state index in [9.17, 15) is 4.79 Å². The highest BCUT2D eigenvalue weighted by Gasteiger charge is 2.08. The van der Waals surface area contributed by atoms with Crippen LogP contribution in [-0.2, 0) is 11.2 Å². The van der Waals surface area contributed by atoms with Gasteiger partial charge in [0.15, 0.2) is 4.34 Å². The Morgan fingerprint density at radius 1 is 1.17 bits per heavy atom. The predicted octanol–water partition coefficient (Wildman–Crippen LogP) is 5.10. The van der Waals surface area contributed by atoms with Crippen molar-refractivity contribution in [3.05, 3.63) is 65.5 Å². The van der Waals surface area contributed by atoms with Crippen molar-refractivity contribution in [1.29, 1.82) is 0 Å². The standard InChI is InChI=1S/C19H18N2OS2/c1-2-14-7-6-10-16(11-14)20-18(22)13-24-19-21-17(12-23-19)15-8-4-3-5-9-15/h3-12H,2,13H2,1H3,(H,20,22). The van der Waals surface area contributed by atoms with Crippen molar-refractivity contribution in [2.24, 2.45) is 0 Å². The van der Waals surface area contributed by atoms with Crippen LogP contribution < -0.4 is 5.32 Å². The number of hydrogen-bond donors (Lipinski definition) is 1. The SMILES string of the molecule is CCc1cccc(NC(=O)CSc2nc(-c3ccccc3)cs2)c1. The average molecular weight is 354 g/mol. The number of carbonyl (C=O) groups is 1. The van der Waals surface area contributed by atoms with Gasteiger partial charge in [0.2, 0.25) is 5.91 Å². The Kier molecular flexibility index (Phi) is 5.67. The summed E-state index contributed by atoms with van der Waals surface area (Å²) in [6.07, 6.45) is 0.958. The molecule has 0 spiro atoms. The predicted molar refractivity (Wildman–Crippen MR) is 103 cm³/mol. The number of rotatable bonds is 6. The normalized spacial score (nSPS) is 10.5. The zero-order valence-corrected chi connectivity index (χ0v) is 15.0. The molecule has 0 saturated carbocycles. The molecule has 1 aromatic heterocycles. The van der Waals surface area contributed by atoms with Crippen LogP contribution in [0.25, 0.3) is 11.3 Å². The van der Waals surface area contributed by atoms with Gasteiger partial charge in [-0.25, -0.2) is 4.98 Å². The Morgan fingerprint density at radius 2 is 2.00 bits per heavy atom. The topological polar surface area (TPSA) is 42.0 Å². The van der Waals surface area contributed by atoms with Gasteiger partial charge in [-0.3, -0.25) is 4.79 Å². The van der Waals surface area contributed by atoms with Crippen LogP contribution in [0, 0.1) is 0 Å². The third kappa shape index (κ3) is 4.46. The van der Waals surface area contributed by atoms with Crippen LogP contribution in [0.3, 0.4) is 0 Å². The van der Waals surface area contributed by atoms with Gasteiger partial charge >= 0.3 is 0 Å². The van der Waals surface area contributed by atoms with E-state index in [0.29, 0.717) is 5.75 Å². The number of nitrogens with one attached hydrogen (secondary N) is 1. The molecule has 0 aliphatic carbocycles. The Labute approximate surface area is 150 Å². The second-order valence-corrected chi connectivity index (χ2v) is 7.34. The molecule has 1 N–H and O–H groups in total. The number of aromatic nitrogens is 1. The van der Waals surface area contributed by atoms with Gasteiger partial charge in [-0.2, -0.15) is 0 Å². The Bertz CT molecular complexity index is 815. The number of thioether (sulfide) groups is 1. The van der Waals surface area contributed by atoms with E-state index in [2.05, 4.69) is 23.3 Å². The van der Waals surface area contributed by atoms with Crippen molar-refractivity contribution in [3.63, 3.8) is 0 Å². The molecule has 0 aliphatic heterocycles. The van der Waals surface area contributed by atoms with Gasteiger partial charge in [-0.1, -0.05) is 61.2 Å². The first-order valence-electron chi connectivity index (χ1n) is 7.77. The largest absolute Gasteiger partial charge is 0.325 e. The summed E-state index contributed by atoms with van der Waals surface area (Å²) in [5.41, 5.74) is 4.12. The van der Waals surface area contributed by atoms with Crippen molar-refractivity contribution >= 4 is 34.7 Å². The minimum absolute atomic E-state index is 0.00952. The highest BCUT2D eigenvalue weighted by atomic mass is 32.2. The molecule has 0 atom stereocenters. The molecule has 0 saturated heterocycles. The fourth-order valence-corrected chi connectivity index (χ4v) is 3.89. The molecular formula is C19H18N2OS2. The van der Waals surface area contributed by atoms with Crippen molar-refractivity contribution in [2.75, 3.05) is 11.1 Å². The third-order valence-electron chi connectivity index (χ3n) is 3.50. The van der Waals surface area contributed by atoms with Gasteiger partial charge < -0.3 is 5.32 Å². The second-order valence-electron chi connectivity index (χ2n) is 5.26. The fourth-order valence-electron chi connectivity index (χ4n) is 2.26. The highest BCUT2D eigenvalue weighted by molar-refractivity contribution is 8.01. The van der Waals surface area contributed by atoms with Gasteiger partial charge in [-0.15, -0.1) is 11.3 Å². The molecule has 0 aliphatic rings. The van der Waals surface area contributed by atoms with Crippen LogP contribution in [0.2, 0.25) is 0 Å². The number of thiazole rings is 1. The molecule has 0 unspecified atom stereocenters. The number of anilines is 1. The molecule has 3 rings (SSSR count). The lowest BCUT2D eigenvalue weighted by molar-refractivity contribution is -0.113. The van der Waals surface area contributed by atoms with Crippen LogP contribution in [0.4, 0.5) is 5.69 Å². The lowest BCUT2D eigenvalue weighted by atomic mass is 10.1. The number of carbonyl (C=O) groups excluding carboxylic acids is 1. The Balaban J connectivity index is 1.56. The maximum absolute atomic E-state index is 12.1. The number of hydrogen-bond acceptors (Lipinski definition) is 4. The van der Waals surface area contributed by atoms with Crippen molar-refractivity contribution < 1.29 is 4.79 Å². The molecule has 2 aromatic carbocycles. The summed E-state index contributed by atoms with van der Waals surface area (Å²) in [5.74, 6) is 0.350. The van der Waals surface area contributed by atoms with Gasteiger partial charge in [-0.05, 0) is 24.1 Å². The maximum Gasteiger partial charge on any atom is 0.234 e. The first-order chi connectivity index (χ1) is 11.7. The number of nitrogens with zero attached hydrogens (tertiary/aromatic N) is 1. The molecule has 1 heterocycles. The molecule has 3 nitrogen and oxygen atoms in total. The molecule has 0 radical (unpaired) electrons. The summed E-state index contributed by atoms with van der Waals surface area (Å²) < 4.78 is 0.909. The third-order valence-corrected chi connectivity index (χ3v) is 5.52. The van der Waals surface area contributed by atoms with E-state index < -0.39 is 0 Å². The van der Waals surface area contributed by atoms with E-state index in [0.717, 1.165) is 27.7 Å². The van der Waals surface area contributed by atoms with Crippen LogP contribution >= 0.6 is 23.1 Å². The summed E-state index contributed by atoms with van der Waals surface area (Å²) in [7, 11) is 0. The van der Waals surface area contributed by atoms with E-state index >= 15 is 0 Å². The fraction of sp³-hybridized carbons (Fsp3) is 0.158. The smallest absolute Gasteiger partial charge is 0.234 e. The molecule has 1 amide bonds. The van der Waals surface area contributed by atoms with Crippen molar-refractivity contribution in [3.8, 4) is 11.3 Å². The molecule has 0 bridgehead atoms. The summed E-state index contributed by atoms with van der Waals surface area (Å²) in [5, 5.41) is 4.97. The molecule has 3 aromatic rings. The first kappa shape index (κ1) is 16.7. The van der Waals surface area contributed by atoms with Crippen LogP contribution in [0.5, 0.6) is 0 Å². The van der Waals surface area contributed by atoms with Gasteiger partial charge in [0, 0.05) is 16.6 Å². The molecule has 122 valence electrons. The van der Waals surface area contributed by atoms with E-state index in [1.54, 1.807) is 11.3 Å². The van der Waals surface area contributed by atoms with E-state index in [4.69, 9.17) is 0 Å². The maximum atomic E-state index is 12.1. The van der Waals surface area contributed by atoms with Crippen LogP contribution in [-0.4, -0.2) is 16.6 Å². The van der Waals surface area contributed by atoms with E-state index in [1.807, 2.05) is 53.9 Å². The zero-order valence-electron chi connectivity index (χ0n) is 13.4. The Hall–Kier alpha value is -2.11. The highest BCUT2D eigenvalue weighted by Crippen LogP contribution is 2.28. The average Bonchev–Trinajstić information content (AvgIpc) is 3.10. The number of aryl methyl sites for hydroxylation is 1. The van der Waals surface area contributed by atoms with Gasteiger partial charge in [0.1, 0.15) is 0 Å². The number of benzene rings is 2. The van der Waals surface area contributed by atoms with E-state index in [-0.39, 0.29) is 5.91 Å². The lowest BCUT2D eigenvalue weighted by Crippen LogP contribution is -2.14. The van der Waals surface area contributed by atoms with Gasteiger partial charge in [0.25, 0.3) is 0 Å². The minimum Gasteiger partial charge on any atom is -0.325 e. The monoisotopic (exact) mass is 354 g/mol. The van der Waals surface area contributed by atoms with Crippen molar-refractivity contribution in [1.82, 2.24) is 4.98 Å². The quantitative estimate of drug-likeness (QED) is 0.626. The first-order valence-corrected chi connectivity index (χ1v) is 9.63. The Morgan fingerprint density at radius 3 is 2.79 bits per heavy atom. The second kappa shape index (κ2) is 8.13. The van der Waals surface area contributed by atoms with Crippen LogP contribution in [0.1, 0.15) is 12.5 Å². The summed E-state index contributed by atoms with van der Waals surface area (Å²) in [6, 6.07) is 18.0. The lowest BCUT2D eigenvalue weighted by Gasteiger charge is -2.05. The van der Waals surface area contributed by atoms with Crippen molar-refractivity contribution in [2.45, 2.75) is 17.7 Å². The summed E-state index contributed by atoms with van der Waals surface area (Å²) in [6.45, 7) is 2.10. The number of amides is 1. The van der Waals surface area contributed by atoms with Gasteiger partial charge in [0.05, 0.1) is 11.4 Å². The zero-order chi connectivity index (χ0) is 16.8. The molecular weight excluding hydrogens is 336 g/mol. The molecule has 5 heteroatoms. The minimum atomic E-state index is -0.00952. The van der Waals surface area contributed by atoms with E-state index in [1.165, 1.54) is 17.3 Å². The van der Waals surface area contributed by atoms with Crippen LogP contribution in [0.15, 0.2) is 64.3 Å². The summed E-state index contributed by atoms with van der Waals surface area (Å²) >= 11 is 3.04. The molecule has 0 fully saturated rings. The summed E-state index contributed by atoms with van der Waals surface area (Å²) in [4.78, 5) is 16.7.